The molecule has 90 valence electrons. The molecule has 1 unspecified atom stereocenters. The van der Waals surface area contributed by atoms with Gasteiger partial charge in [0.25, 0.3) is 0 Å². The summed E-state index contributed by atoms with van der Waals surface area (Å²) in [6.45, 7) is 7.23. The third-order valence-electron chi connectivity index (χ3n) is 3.02. The fourth-order valence-electron chi connectivity index (χ4n) is 1.53. The van der Waals surface area contributed by atoms with Crippen molar-refractivity contribution in [1.29, 1.82) is 0 Å². The van der Waals surface area contributed by atoms with Gasteiger partial charge < -0.3 is 10.1 Å². The lowest BCUT2D eigenvalue weighted by Gasteiger charge is -2.11. The summed E-state index contributed by atoms with van der Waals surface area (Å²) in [5.41, 5.74) is 2.61. The molecule has 0 saturated carbocycles. The summed E-state index contributed by atoms with van der Waals surface area (Å²) in [7, 11) is 1.99. The summed E-state index contributed by atoms with van der Waals surface area (Å²) in [4.78, 5) is 0. The van der Waals surface area contributed by atoms with E-state index in [1.54, 1.807) is 0 Å². The zero-order valence-corrected chi connectivity index (χ0v) is 10.8. The number of rotatable bonds is 6. The van der Waals surface area contributed by atoms with Gasteiger partial charge in [0.1, 0.15) is 5.75 Å². The van der Waals surface area contributed by atoms with Gasteiger partial charge in [0.05, 0.1) is 6.61 Å². The first-order valence-electron chi connectivity index (χ1n) is 6.01. The zero-order valence-electron chi connectivity index (χ0n) is 10.8. The summed E-state index contributed by atoms with van der Waals surface area (Å²) >= 11 is 0. The van der Waals surface area contributed by atoms with Crippen LogP contribution in [0.15, 0.2) is 18.2 Å². The predicted molar refractivity (Wildman–Crippen MR) is 69.2 cm³/mol. The maximum Gasteiger partial charge on any atom is 0.119 e. The number of hydrogen-bond acceptors (Lipinski definition) is 2. The molecule has 1 aromatic carbocycles. The van der Waals surface area contributed by atoms with Crippen molar-refractivity contribution >= 4 is 0 Å². The summed E-state index contributed by atoms with van der Waals surface area (Å²) in [5.74, 6) is 0.986. The molecule has 1 atom stereocenters. The van der Waals surface area contributed by atoms with E-state index in [1.165, 1.54) is 11.1 Å². The molecule has 1 N–H and O–H groups in total. The molecule has 0 aliphatic heterocycles. The molecule has 16 heavy (non-hydrogen) atoms. The second kappa shape index (κ2) is 6.54. The molecular formula is C14H23NO. The minimum absolute atomic E-state index is 0.573. The first-order valence-corrected chi connectivity index (χ1v) is 6.01. The molecule has 0 amide bonds. The number of aryl methyl sites for hydroxylation is 2. The molecule has 0 aliphatic carbocycles. The zero-order chi connectivity index (χ0) is 12.0. The molecule has 0 fully saturated rings. The average molecular weight is 221 g/mol. The van der Waals surface area contributed by atoms with Gasteiger partial charge in [-0.15, -0.1) is 0 Å². The van der Waals surface area contributed by atoms with Crippen LogP contribution in [0.4, 0.5) is 0 Å². The van der Waals surface area contributed by atoms with E-state index in [-0.39, 0.29) is 0 Å². The van der Waals surface area contributed by atoms with Crippen LogP contribution in [0.25, 0.3) is 0 Å². The number of nitrogens with one attached hydrogen (secondary N) is 1. The standard InChI is InChI=1S/C14H23NO/c1-11-7-8-14(10-12(11)2)16-9-5-6-13(3)15-4/h7-8,10,13,15H,5-6,9H2,1-4H3. The first kappa shape index (κ1) is 13.0. The normalized spacial score (nSPS) is 12.5. The molecular weight excluding hydrogens is 198 g/mol. The lowest BCUT2D eigenvalue weighted by atomic mass is 10.1. The van der Waals surface area contributed by atoms with Crippen molar-refractivity contribution in [2.75, 3.05) is 13.7 Å². The molecule has 0 bridgehead atoms. The van der Waals surface area contributed by atoms with E-state index in [0.29, 0.717) is 6.04 Å². The second-order valence-corrected chi connectivity index (χ2v) is 4.43. The van der Waals surface area contributed by atoms with Gasteiger partial charge in [-0.1, -0.05) is 6.07 Å². The van der Waals surface area contributed by atoms with Gasteiger partial charge in [-0.05, 0) is 63.9 Å². The Hall–Kier alpha value is -1.02. The molecule has 1 aromatic rings. The van der Waals surface area contributed by atoms with Crippen LogP contribution in [-0.4, -0.2) is 19.7 Å². The predicted octanol–water partition coefficient (Wildman–Crippen LogP) is 3.07. The smallest absolute Gasteiger partial charge is 0.119 e. The summed E-state index contributed by atoms with van der Waals surface area (Å²) in [6.07, 6.45) is 2.25. The van der Waals surface area contributed by atoms with E-state index >= 15 is 0 Å². The van der Waals surface area contributed by atoms with Crippen LogP contribution < -0.4 is 10.1 Å². The number of ether oxygens (including phenoxy) is 1. The van der Waals surface area contributed by atoms with E-state index in [0.717, 1.165) is 25.2 Å². The maximum atomic E-state index is 5.71. The fourth-order valence-corrected chi connectivity index (χ4v) is 1.53. The van der Waals surface area contributed by atoms with Crippen molar-refractivity contribution in [1.82, 2.24) is 5.32 Å². The highest BCUT2D eigenvalue weighted by Gasteiger charge is 1.99. The monoisotopic (exact) mass is 221 g/mol. The topological polar surface area (TPSA) is 21.3 Å². The van der Waals surface area contributed by atoms with Crippen LogP contribution in [0, 0.1) is 13.8 Å². The van der Waals surface area contributed by atoms with Crippen LogP contribution in [0.5, 0.6) is 5.75 Å². The van der Waals surface area contributed by atoms with Crippen LogP contribution in [0.1, 0.15) is 30.9 Å². The van der Waals surface area contributed by atoms with E-state index in [9.17, 15) is 0 Å². The van der Waals surface area contributed by atoms with Crippen molar-refractivity contribution in [3.05, 3.63) is 29.3 Å². The SMILES string of the molecule is CNC(C)CCCOc1ccc(C)c(C)c1. The molecule has 0 saturated heterocycles. The van der Waals surface area contributed by atoms with Crippen LogP contribution in [0.3, 0.4) is 0 Å². The molecule has 2 heteroatoms. The van der Waals surface area contributed by atoms with Gasteiger partial charge in [0.2, 0.25) is 0 Å². The Kier molecular flexibility index (Phi) is 5.33. The van der Waals surface area contributed by atoms with Gasteiger partial charge in [0.15, 0.2) is 0 Å². The Labute approximate surface area is 99.0 Å². The van der Waals surface area contributed by atoms with Crippen LogP contribution in [0.2, 0.25) is 0 Å². The average Bonchev–Trinajstić information content (AvgIpc) is 2.28. The molecule has 1 rings (SSSR count). The highest BCUT2D eigenvalue weighted by molar-refractivity contribution is 5.33. The number of benzene rings is 1. The quantitative estimate of drug-likeness (QED) is 0.745. The lowest BCUT2D eigenvalue weighted by molar-refractivity contribution is 0.299. The highest BCUT2D eigenvalue weighted by Crippen LogP contribution is 2.16. The third kappa shape index (κ3) is 4.23. The third-order valence-corrected chi connectivity index (χ3v) is 3.02. The lowest BCUT2D eigenvalue weighted by Crippen LogP contribution is -2.21. The molecule has 0 aromatic heterocycles. The highest BCUT2D eigenvalue weighted by atomic mass is 16.5. The molecule has 0 heterocycles. The minimum Gasteiger partial charge on any atom is -0.494 e. The minimum atomic E-state index is 0.573. The summed E-state index contributed by atoms with van der Waals surface area (Å²) in [6, 6.07) is 6.84. The Balaban J connectivity index is 2.29. The summed E-state index contributed by atoms with van der Waals surface area (Å²) in [5, 5.41) is 3.22. The van der Waals surface area contributed by atoms with E-state index in [2.05, 4.69) is 38.2 Å². The van der Waals surface area contributed by atoms with Crippen LogP contribution in [-0.2, 0) is 0 Å². The van der Waals surface area contributed by atoms with Gasteiger partial charge in [-0.3, -0.25) is 0 Å². The van der Waals surface area contributed by atoms with E-state index in [1.807, 2.05) is 13.1 Å². The maximum absolute atomic E-state index is 5.71. The Morgan fingerprint density at radius 1 is 1.25 bits per heavy atom. The van der Waals surface area contributed by atoms with Gasteiger partial charge in [-0.2, -0.15) is 0 Å². The largest absolute Gasteiger partial charge is 0.494 e. The van der Waals surface area contributed by atoms with Crippen molar-refractivity contribution in [3.63, 3.8) is 0 Å². The van der Waals surface area contributed by atoms with Gasteiger partial charge in [0, 0.05) is 6.04 Å². The molecule has 2 nitrogen and oxygen atoms in total. The Bertz CT molecular complexity index is 323. The Morgan fingerprint density at radius 2 is 2.00 bits per heavy atom. The van der Waals surface area contributed by atoms with Gasteiger partial charge >= 0.3 is 0 Å². The molecule has 0 radical (unpaired) electrons. The second-order valence-electron chi connectivity index (χ2n) is 4.43. The Morgan fingerprint density at radius 3 is 2.62 bits per heavy atom. The van der Waals surface area contributed by atoms with E-state index in [4.69, 9.17) is 4.74 Å². The fraction of sp³-hybridized carbons (Fsp3) is 0.571. The molecule has 0 spiro atoms. The van der Waals surface area contributed by atoms with Crippen molar-refractivity contribution < 1.29 is 4.74 Å². The first-order chi connectivity index (χ1) is 7.63. The van der Waals surface area contributed by atoms with Crippen molar-refractivity contribution in [2.45, 2.75) is 39.7 Å². The number of hydrogen-bond donors (Lipinski definition) is 1. The molecule has 0 aliphatic rings. The van der Waals surface area contributed by atoms with E-state index < -0.39 is 0 Å². The summed E-state index contributed by atoms with van der Waals surface area (Å²) < 4.78 is 5.71. The van der Waals surface area contributed by atoms with Crippen molar-refractivity contribution in [2.24, 2.45) is 0 Å². The van der Waals surface area contributed by atoms with Gasteiger partial charge in [-0.25, -0.2) is 0 Å². The van der Waals surface area contributed by atoms with Crippen molar-refractivity contribution in [3.8, 4) is 5.75 Å². The van der Waals surface area contributed by atoms with Crippen LogP contribution >= 0.6 is 0 Å².